The third-order valence-electron chi connectivity index (χ3n) is 14.2. The molecule has 408 valence electrons. The number of likely N-dealkylation sites (tertiary alicyclic amines) is 1. The molecule has 8 N–H and O–H groups in total. The van der Waals surface area contributed by atoms with Crippen LogP contribution in [0.3, 0.4) is 0 Å². The molecule has 0 saturated carbocycles. The van der Waals surface area contributed by atoms with Crippen molar-refractivity contribution >= 4 is 69.2 Å². The van der Waals surface area contributed by atoms with Gasteiger partial charge in [-0.3, -0.25) is 14.4 Å². The lowest BCUT2D eigenvalue weighted by Crippen LogP contribution is -2.45. The summed E-state index contributed by atoms with van der Waals surface area (Å²) >= 11 is 0. The molecule has 0 bridgehead atoms. The molecular weight excluding hydrogens is 997 g/mol. The molecule has 15 heteroatoms. The number of nitrogens with zero attached hydrogens (tertiary/aromatic N) is 3. The number of hydrogen-bond donors (Lipinski definition) is 6. The predicted molar refractivity (Wildman–Crippen MR) is 310 cm³/mol. The van der Waals surface area contributed by atoms with E-state index >= 15 is 0 Å². The highest BCUT2D eigenvalue weighted by molar-refractivity contribution is 5.96. The maximum Gasteiger partial charge on any atom is 0.335 e. The Kier molecular flexibility index (Phi) is 18.2. The summed E-state index contributed by atoms with van der Waals surface area (Å²) in [7, 11) is 0. The Bertz CT molecular complexity index is 3480. The number of carbonyl (C=O) groups is 4. The van der Waals surface area contributed by atoms with Crippen molar-refractivity contribution < 1.29 is 43.3 Å². The van der Waals surface area contributed by atoms with Crippen LogP contribution in [0.15, 0.2) is 143 Å². The Hall–Kier alpha value is -8.50. The number of pyridine rings is 2. The summed E-state index contributed by atoms with van der Waals surface area (Å²) < 4.78 is 12.1. The van der Waals surface area contributed by atoms with Crippen LogP contribution >= 0.6 is 0 Å². The van der Waals surface area contributed by atoms with Gasteiger partial charge in [-0.2, -0.15) is 0 Å². The lowest BCUT2D eigenvalue weighted by Gasteiger charge is -2.35. The van der Waals surface area contributed by atoms with Crippen LogP contribution in [0.2, 0.25) is 0 Å². The number of nitrogens with one attached hydrogen (secondary N) is 1. The second kappa shape index (κ2) is 25.3. The maximum atomic E-state index is 12.9. The summed E-state index contributed by atoms with van der Waals surface area (Å²) in [6.45, 7) is 10.8. The van der Waals surface area contributed by atoms with Crippen molar-refractivity contribution in [3.63, 3.8) is 0 Å². The molecule has 0 unspecified atom stereocenters. The summed E-state index contributed by atoms with van der Waals surface area (Å²) in [5.41, 5.74) is 20.2. The zero-order valence-electron chi connectivity index (χ0n) is 45.1. The highest BCUT2D eigenvalue weighted by atomic mass is 16.4. The van der Waals surface area contributed by atoms with E-state index < -0.39 is 11.6 Å². The molecule has 2 fully saturated rings. The van der Waals surface area contributed by atoms with Crippen LogP contribution in [0, 0.1) is 13.8 Å². The molecule has 2 aliphatic heterocycles. The van der Waals surface area contributed by atoms with Crippen LogP contribution in [-0.2, 0) is 22.4 Å². The molecule has 0 radical (unpaired) electrons. The molecule has 2 saturated heterocycles. The fraction of sp³-hybridized carbons (Fsp3) is 0.281. The normalized spacial score (nSPS) is 14.9. The number of furan rings is 2. The van der Waals surface area contributed by atoms with E-state index in [0.29, 0.717) is 68.8 Å². The summed E-state index contributed by atoms with van der Waals surface area (Å²) in [5, 5.41) is 33.7. The highest BCUT2D eigenvalue weighted by Crippen LogP contribution is 2.33. The minimum absolute atomic E-state index is 0.00166. The average Bonchev–Trinajstić information content (AvgIpc) is 4.11. The van der Waals surface area contributed by atoms with Crippen molar-refractivity contribution in [3.8, 4) is 22.3 Å². The van der Waals surface area contributed by atoms with Crippen LogP contribution in [0.1, 0.15) is 107 Å². The number of nitrogen functional groups attached to an aromatic ring is 2. The first-order valence-corrected chi connectivity index (χ1v) is 26.6. The lowest BCUT2D eigenvalue weighted by molar-refractivity contribution is -0.115. The second-order valence-electron chi connectivity index (χ2n) is 21.0. The third-order valence-corrected chi connectivity index (χ3v) is 14.2. The fourth-order valence-corrected chi connectivity index (χ4v) is 9.36. The molecule has 0 atom stereocenters. The Balaban J connectivity index is 0.000000185. The van der Waals surface area contributed by atoms with Gasteiger partial charge >= 0.3 is 5.97 Å². The van der Waals surface area contributed by atoms with Gasteiger partial charge < -0.3 is 45.8 Å². The first-order chi connectivity index (χ1) is 37.8. The lowest BCUT2D eigenvalue weighted by atomic mass is 9.93. The molecule has 6 heterocycles. The Labute approximate surface area is 459 Å². The molecule has 79 heavy (non-hydrogen) atoms. The van der Waals surface area contributed by atoms with E-state index in [9.17, 15) is 29.4 Å². The number of carboxylic acid groups (broad SMARTS) is 1. The number of ketones is 2. The minimum Gasteiger partial charge on any atom is -0.478 e. The number of hydrogen-bond acceptors (Lipinski definition) is 13. The van der Waals surface area contributed by atoms with Gasteiger partial charge in [-0.15, -0.1) is 0 Å². The summed E-state index contributed by atoms with van der Waals surface area (Å²) in [6.07, 6.45) is 14.5. The van der Waals surface area contributed by atoms with E-state index in [1.54, 1.807) is 79.2 Å². The fourth-order valence-electron chi connectivity index (χ4n) is 9.36. The number of amides is 1. The van der Waals surface area contributed by atoms with E-state index in [-0.39, 0.29) is 28.6 Å². The number of carbonyl (C=O) groups excluding carboxylic acids is 3. The number of anilines is 2. The van der Waals surface area contributed by atoms with Gasteiger partial charge in [-0.25, -0.2) is 14.8 Å². The number of aryl methyl sites for hydroxylation is 4. The predicted octanol–water partition coefficient (Wildman–Crippen LogP) is 11.0. The van der Waals surface area contributed by atoms with Crippen molar-refractivity contribution in [2.75, 3.05) is 37.6 Å². The van der Waals surface area contributed by atoms with Gasteiger partial charge in [0.05, 0.1) is 16.8 Å². The number of benzene rings is 4. The number of aliphatic hydroxyl groups is 2. The molecule has 4 aromatic carbocycles. The Morgan fingerprint density at radius 2 is 1.03 bits per heavy atom. The number of rotatable bonds is 14. The van der Waals surface area contributed by atoms with E-state index in [4.69, 9.17) is 25.4 Å². The molecule has 1 amide bonds. The van der Waals surface area contributed by atoms with Crippen LogP contribution in [0.25, 0.3) is 56.3 Å². The zero-order chi connectivity index (χ0) is 56.3. The number of piperidine rings is 2. The minimum atomic E-state index is -0.947. The van der Waals surface area contributed by atoms with Crippen LogP contribution < -0.4 is 16.8 Å². The second-order valence-corrected chi connectivity index (χ2v) is 21.0. The molecule has 4 aromatic heterocycles. The smallest absolute Gasteiger partial charge is 0.335 e. The maximum absolute atomic E-state index is 12.9. The molecule has 10 rings (SSSR count). The van der Waals surface area contributed by atoms with E-state index in [2.05, 4.69) is 27.4 Å². The summed E-state index contributed by atoms with van der Waals surface area (Å²) in [4.78, 5) is 58.4. The molecule has 0 aliphatic carbocycles. The average molecular weight is 1070 g/mol. The number of aromatic carboxylic acids is 1. The van der Waals surface area contributed by atoms with E-state index in [1.165, 1.54) is 0 Å². The van der Waals surface area contributed by atoms with E-state index in [1.807, 2.05) is 87.2 Å². The van der Waals surface area contributed by atoms with Gasteiger partial charge in [0, 0.05) is 67.5 Å². The Morgan fingerprint density at radius 3 is 1.42 bits per heavy atom. The molecule has 2 aliphatic rings. The topological polar surface area (TPSA) is 248 Å². The number of nitrogens with two attached hydrogens (primary N) is 2. The zero-order valence-corrected chi connectivity index (χ0v) is 45.1. The standard InChI is InChI=1S/C32H33N3O4.C26H22N2O4.C6H13NO/c1-21-17-25(23-5-7-24(8-6-23)31(37)35-15-13-32(2,38)14-16-35)18-26-19-28(39-30(21)26)11-10-27(36)9-3-22-4-12-29(33)34-20-22;1-16-12-20(18-4-6-19(7-5-18)26(30)31)13-21-14-23(32-25(16)21)10-9-22(29)8-2-17-3-11-24(27)28-15-17;1-6(8)2-4-7-5-3-6/h3-9,12,17-20,38H,10-11,13-16H2,1-2H3,(H2,33,34);2-8,11-15H,9-10H2,1H3,(H2,27,28)(H,30,31);7-8H,2-5H2,1H3/b9-3+;8-2+;. The van der Waals surface area contributed by atoms with Gasteiger partial charge in [0.1, 0.15) is 34.3 Å². The largest absolute Gasteiger partial charge is 0.478 e. The van der Waals surface area contributed by atoms with Gasteiger partial charge in [0.25, 0.3) is 5.91 Å². The van der Waals surface area contributed by atoms with Crippen molar-refractivity contribution in [2.24, 2.45) is 0 Å². The number of carboxylic acids is 1. The first-order valence-electron chi connectivity index (χ1n) is 26.6. The monoisotopic (exact) mass is 1060 g/mol. The van der Waals surface area contributed by atoms with Crippen LogP contribution in [0.5, 0.6) is 0 Å². The summed E-state index contributed by atoms with van der Waals surface area (Å²) in [6, 6.07) is 33.6. The van der Waals surface area contributed by atoms with Gasteiger partial charge in [-0.05, 0) is 220 Å². The number of fused-ring (bicyclic) bond motifs is 2. The van der Waals surface area contributed by atoms with Gasteiger partial charge in [0.2, 0.25) is 0 Å². The first kappa shape index (κ1) is 56.7. The van der Waals surface area contributed by atoms with Gasteiger partial charge in [0.15, 0.2) is 11.6 Å². The van der Waals surface area contributed by atoms with Crippen molar-refractivity contribution in [1.82, 2.24) is 20.2 Å². The van der Waals surface area contributed by atoms with Crippen molar-refractivity contribution in [2.45, 2.75) is 90.3 Å². The summed E-state index contributed by atoms with van der Waals surface area (Å²) in [5.74, 6) is 1.45. The van der Waals surface area contributed by atoms with Crippen LogP contribution in [0.4, 0.5) is 11.6 Å². The third kappa shape index (κ3) is 15.8. The highest BCUT2D eigenvalue weighted by Gasteiger charge is 2.30. The van der Waals surface area contributed by atoms with Crippen LogP contribution in [-0.4, -0.2) is 91.0 Å². The SMILES string of the molecule is CC1(O)CCNCC1.Cc1cc(-c2ccc(C(=O)N3CCC(C)(O)CC3)cc2)cc2cc(CCC(=O)/C=C/c3ccc(N)nc3)oc12.Cc1cc(-c2ccc(C(=O)O)cc2)cc2cc(CCC(=O)/C=C/c3ccc(N)nc3)oc12. The molecule has 15 nitrogen and oxygen atoms in total. The number of aromatic nitrogens is 2. The molecule has 8 aromatic rings. The molecule has 0 spiro atoms. The van der Waals surface area contributed by atoms with Crippen molar-refractivity contribution in [1.29, 1.82) is 0 Å². The van der Waals surface area contributed by atoms with E-state index in [0.717, 1.165) is 104 Å². The molecular formula is C64H68N6O9. The van der Waals surface area contributed by atoms with Gasteiger partial charge in [-0.1, -0.05) is 24.3 Å². The Morgan fingerprint density at radius 1 is 0.595 bits per heavy atom. The quantitative estimate of drug-likeness (QED) is 0.0555. The van der Waals surface area contributed by atoms with Crippen molar-refractivity contribution in [3.05, 3.63) is 179 Å². The number of allylic oxidation sites excluding steroid dienone is 2.